The lowest BCUT2D eigenvalue weighted by atomic mass is 10.1. The van der Waals surface area contributed by atoms with E-state index in [1.165, 1.54) is 0 Å². The van der Waals surface area contributed by atoms with Crippen LogP contribution in [0.1, 0.15) is 11.1 Å². The number of benzene rings is 1. The first-order valence-electron chi connectivity index (χ1n) is 4.56. The molecule has 1 heterocycles. The van der Waals surface area contributed by atoms with Crippen LogP contribution in [0.25, 0.3) is 10.9 Å². The number of H-pyrrole nitrogens is 1. The van der Waals surface area contributed by atoms with E-state index in [0.717, 1.165) is 26.5 Å². The molecule has 78 valence electrons. The molecule has 2 rings (SSSR count). The van der Waals surface area contributed by atoms with Crippen LogP contribution in [-0.4, -0.2) is 16.1 Å². The van der Waals surface area contributed by atoms with Crippen molar-refractivity contribution < 1.29 is 9.90 Å². The summed E-state index contributed by atoms with van der Waals surface area (Å²) in [6.07, 6.45) is 1.80. The number of aliphatic carboxylic acids is 1. The van der Waals surface area contributed by atoms with Crippen molar-refractivity contribution in [3.8, 4) is 0 Å². The summed E-state index contributed by atoms with van der Waals surface area (Å²) in [5, 5.41) is 9.75. The molecule has 0 aliphatic rings. The highest BCUT2D eigenvalue weighted by molar-refractivity contribution is 9.10. The van der Waals surface area contributed by atoms with Gasteiger partial charge in [-0.25, -0.2) is 0 Å². The monoisotopic (exact) mass is 267 g/mol. The second-order valence-corrected chi connectivity index (χ2v) is 4.30. The number of aromatic amines is 1. The first kappa shape index (κ1) is 10.2. The number of nitrogens with one attached hydrogen (secondary N) is 1. The number of halogens is 1. The molecule has 15 heavy (non-hydrogen) atoms. The summed E-state index contributed by atoms with van der Waals surface area (Å²) in [5.74, 6) is -0.815. The average molecular weight is 268 g/mol. The predicted molar refractivity (Wildman–Crippen MR) is 62.1 cm³/mol. The van der Waals surface area contributed by atoms with Crippen molar-refractivity contribution in [1.29, 1.82) is 0 Å². The van der Waals surface area contributed by atoms with Gasteiger partial charge in [-0.3, -0.25) is 4.79 Å². The Morgan fingerprint density at radius 1 is 1.53 bits per heavy atom. The molecule has 2 aromatic rings. The molecule has 0 saturated carbocycles. The number of aryl methyl sites for hydroxylation is 1. The van der Waals surface area contributed by atoms with E-state index >= 15 is 0 Å². The van der Waals surface area contributed by atoms with Gasteiger partial charge < -0.3 is 10.1 Å². The highest BCUT2D eigenvalue weighted by Gasteiger charge is 2.11. The zero-order valence-electron chi connectivity index (χ0n) is 8.17. The maximum atomic E-state index is 10.7. The van der Waals surface area contributed by atoms with Crippen LogP contribution in [0.5, 0.6) is 0 Å². The number of carboxylic acid groups (broad SMARTS) is 1. The molecule has 0 aliphatic carbocycles. The molecule has 0 unspecified atom stereocenters. The highest BCUT2D eigenvalue weighted by atomic mass is 79.9. The quantitative estimate of drug-likeness (QED) is 0.879. The van der Waals surface area contributed by atoms with Crippen molar-refractivity contribution in [1.82, 2.24) is 4.98 Å². The number of hydrogen-bond donors (Lipinski definition) is 2. The normalized spacial score (nSPS) is 10.8. The van der Waals surface area contributed by atoms with E-state index in [1.54, 1.807) is 6.20 Å². The third-order valence-corrected chi connectivity index (χ3v) is 3.42. The SMILES string of the molecule is Cc1ccc2[nH]cc(CC(=O)O)c2c1Br. The molecule has 0 radical (unpaired) electrons. The molecule has 0 spiro atoms. The van der Waals surface area contributed by atoms with Crippen LogP contribution in [-0.2, 0) is 11.2 Å². The van der Waals surface area contributed by atoms with Gasteiger partial charge in [-0.1, -0.05) is 6.07 Å². The lowest BCUT2D eigenvalue weighted by Crippen LogP contribution is -1.99. The molecule has 1 aromatic carbocycles. The Hall–Kier alpha value is -1.29. The summed E-state index contributed by atoms with van der Waals surface area (Å²) in [4.78, 5) is 13.7. The minimum absolute atomic E-state index is 0.0437. The van der Waals surface area contributed by atoms with E-state index in [9.17, 15) is 4.79 Å². The lowest BCUT2D eigenvalue weighted by Gasteiger charge is -2.01. The van der Waals surface area contributed by atoms with Gasteiger partial charge in [0.25, 0.3) is 0 Å². The smallest absolute Gasteiger partial charge is 0.307 e. The molecule has 0 fully saturated rings. The Morgan fingerprint density at radius 2 is 2.27 bits per heavy atom. The highest BCUT2D eigenvalue weighted by Crippen LogP contribution is 2.30. The topological polar surface area (TPSA) is 53.1 Å². The van der Waals surface area contributed by atoms with Crippen LogP contribution in [0.4, 0.5) is 0 Å². The molecule has 3 nitrogen and oxygen atoms in total. The molecular formula is C11H10BrNO2. The van der Waals surface area contributed by atoms with Crippen molar-refractivity contribution in [2.75, 3.05) is 0 Å². The van der Waals surface area contributed by atoms with Crippen molar-refractivity contribution >= 4 is 32.8 Å². The number of rotatable bonds is 2. The van der Waals surface area contributed by atoms with Gasteiger partial charge in [0.2, 0.25) is 0 Å². The van der Waals surface area contributed by atoms with Gasteiger partial charge in [-0.2, -0.15) is 0 Å². The van der Waals surface area contributed by atoms with Crippen LogP contribution >= 0.6 is 15.9 Å². The van der Waals surface area contributed by atoms with Crippen LogP contribution in [0.15, 0.2) is 22.8 Å². The van der Waals surface area contributed by atoms with E-state index < -0.39 is 5.97 Å². The molecular weight excluding hydrogens is 258 g/mol. The van der Waals surface area contributed by atoms with Gasteiger partial charge in [-0.05, 0) is 40.0 Å². The molecule has 1 aromatic heterocycles. The number of aromatic nitrogens is 1. The standard InChI is InChI=1S/C11H10BrNO2/c1-6-2-3-8-10(11(6)12)7(5-13-8)4-9(14)15/h2-3,5,13H,4H2,1H3,(H,14,15). The average Bonchev–Trinajstić information content (AvgIpc) is 2.55. The second-order valence-electron chi connectivity index (χ2n) is 3.50. The van der Waals surface area contributed by atoms with E-state index in [-0.39, 0.29) is 6.42 Å². The molecule has 0 aliphatic heterocycles. The number of fused-ring (bicyclic) bond motifs is 1. The first-order valence-corrected chi connectivity index (χ1v) is 5.35. The van der Waals surface area contributed by atoms with E-state index in [1.807, 2.05) is 19.1 Å². The van der Waals surface area contributed by atoms with E-state index in [2.05, 4.69) is 20.9 Å². The number of hydrogen-bond acceptors (Lipinski definition) is 1. The largest absolute Gasteiger partial charge is 0.481 e. The van der Waals surface area contributed by atoms with Crippen LogP contribution in [0, 0.1) is 6.92 Å². The molecule has 0 bridgehead atoms. The maximum Gasteiger partial charge on any atom is 0.307 e. The van der Waals surface area contributed by atoms with Crippen LogP contribution in [0.3, 0.4) is 0 Å². The van der Waals surface area contributed by atoms with Crippen molar-refractivity contribution in [2.45, 2.75) is 13.3 Å². The third-order valence-electron chi connectivity index (χ3n) is 2.40. The maximum absolute atomic E-state index is 10.7. The Bertz CT molecular complexity index is 531. The van der Waals surface area contributed by atoms with E-state index in [4.69, 9.17) is 5.11 Å². The summed E-state index contributed by atoms with van der Waals surface area (Å²) in [5.41, 5.74) is 2.88. The van der Waals surface area contributed by atoms with Gasteiger partial charge in [0, 0.05) is 21.6 Å². The van der Waals surface area contributed by atoms with Gasteiger partial charge in [0.05, 0.1) is 6.42 Å². The number of carbonyl (C=O) groups is 1. The fourth-order valence-corrected chi connectivity index (χ4v) is 2.25. The van der Waals surface area contributed by atoms with Crippen molar-refractivity contribution in [2.24, 2.45) is 0 Å². The minimum Gasteiger partial charge on any atom is -0.481 e. The van der Waals surface area contributed by atoms with Crippen LogP contribution in [0.2, 0.25) is 0 Å². The Labute approximate surface area is 95.2 Å². The first-order chi connectivity index (χ1) is 7.09. The minimum atomic E-state index is -0.815. The summed E-state index contributed by atoms with van der Waals surface area (Å²) in [6.45, 7) is 1.99. The molecule has 0 atom stereocenters. The molecule has 0 amide bonds. The summed E-state index contributed by atoms with van der Waals surface area (Å²) < 4.78 is 0.970. The van der Waals surface area contributed by atoms with Gasteiger partial charge in [0.15, 0.2) is 0 Å². The second kappa shape index (κ2) is 3.70. The van der Waals surface area contributed by atoms with Gasteiger partial charge in [0.1, 0.15) is 0 Å². The van der Waals surface area contributed by atoms with Crippen LogP contribution < -0.4 is 0 Å². The zero-order valence-corrected chi connectivity index (χ0v) is 9.76. The molecule has 4 heteroatoms. The fourth-order valence-electron chi connectivity index (χ4n) is 1.65. The fraction of sp³-hybridized carbons (Fsp3) is 0.182. The van der Waals surface area contributed by atoms with E-state index in [0.29, 0.717) is 0 Å². The van der Waals surface area contributed by atoms with Gasteiger partial charge in [-0.15, -0.1) is 0 Å². The van der Waals surface area contributed by atoms with Gasteiger partial charge >= 0.3 is 5.97 Å². The Balaban J connectivity index is 2.66. The Morgan fingerprint density at radius 3 is 2.93 bits per heavy atom. The Kier molecular flexibility index (Phi) is 2.52. The summed E-state index contributed by atoms with van der Waals surface area (Å²) >= 11 is 3.49. The zero-order chi connectivity index (χ0) is 11.0. The van der Waals surface area contributed by atoms with Crippen molar-refractivity contribution in [3.63, 3.8) is 0 Å². The molecule has 0 saturated heterocycles. The lowest BCUT2D eigenvalue weighted by molar-refractivity contribution is -0.136. The number of carboxylic acids is 1. The molecule has 2 N–H and O–H groups in total. The van der Waals surface area contributed by atoms with Crippen molar-refractivity contribution in [3.05, 3.63) is 33.9 Å². The predicted octanol–water partition coefficient (Wildman–Crippen LogP) is 2.87. The summed E-state index contributed by atoms with van der Waals surface area (Å²) in [6, 6.07) is 3.95. The summed E-state index contributed by atoms with van der Waals surface area (Å²) in [7, 11) is 0. The third kappa shape index (κ3) is 1.77.